The highest BCUT2D eigenvalue weighted by Gasteiger charge is 2.26. The Kier molecular flexibility index (Phi) is 6.12. The number of amides is 1. The molecular weight excluding hydrogens is 418 g/mol. The van der Waals surface area contributed by atoms with Gasteiger partial charge in [0.25, 0.3) is 0 Å². The quantitative estimate of drug-likeness (QED) is 0.592. The lowest BCUT2D eigenvalue weighted by Gasteiger charge is -2.22. The van der Waals surface area contributed by atoms with E-state index in [-0.39, 0.29) is 10.8 Å². The lowest BCUT2D eigenvalue weighted by atomic mass is 10.1. The molecule has 0 saturated heterocycles. The second-order valence-corrected chi connectivity index (χ2v) is 10.8. The third-order valence-corrected chi connectivity index (χ3v) is 6.98. The molecule has 0 atom stereocenters. The predicted octanol–water partition coefficient (Wildman–Crippen LogP) is 4.82. The first kappa shape index (κ1) is 22.1. The summed E-state index contributed by atoms with van der Waals surface area (Å²) in [7, 11) is -3.84. The molecule has 6 nitrogen and oxygen atoms in total. The maximum atomic E-state index is 13.2. The van der Waals surface area contributed by atoms with Gasteiger partial charge in [0.05, 0.1) is 9.77 Å². The third kappa shape index (κ3) is 5.33. The van der Waals surface area contributed by atoms with Gasteiger partial charge in [-0.1, -0.05) is 35.9 Å². The van der Waals surface area contributed by atoms with Gasteiger partial charge < -0.3 is 5.32 Å². The number of anilines is 1. The normalized spacial score (nSPS) is 12.0. The fourth-order valence-electron chi connectivity index (χ4n) is 2.92. The Hall–Kier alpha value is -2.55. The van der Waals surface area contributed by atoms with Crippen LogP contribution in [0.5, 0.6) is 0 Å². The Balaban J connectivity index is 2.10. The Morgan fingerprint density at radius 2 is 1.73 bits per heavy atom. The Morgan fingerprint density at radius 1 is 1.07 bits per heavy atom. The zero-order valence-corrected chi connectivity index (χ0v) is 19.2. The van der Waals surface area contributed by atoms with E-state index in [1.54, 1.807) is 39.1 Å². The minimum absolute atomic E-state index is 0.0998. The van der Waals surface area contributed by atoms with Crippen molar-refractivity contribution in [1.29, 1.82) is 0 Å². The molecule has 0 fully saturated rings. The third-order valence-electron chi connectivity index (χ3n) is 4.10. The highest BCUT2D eigenvalue weighted by atomic mass is 32.2. The highest BCUT2D eigenvalue weighted by molar-refractivity contribution is 7.89. The van der Waals surface area contributed by atoms with Crippen LogP contribution in [0.3, 0.4) is 0 Å². The minimum atomic E-state index is -3.84. The van der Waals surface area contributed by atoms with Crippen LogP contribution in [0.4, 0.5) is 5.69 Å². The van der Waals surface area contributed by atoms with Crippen LogP contribution in [0.15, 0.2) is 53.6 Å². The van der Waals surface area contributed by atoms with Gasteiger partial charge >= 0.3 is 0 Å². The van der Waals surface area contributed by atoms with Gasteiger partial charge in [-0.05, 0) is 39.8 Å². The number of thiazole rings is 1. The molecule has 30 heavy (non-hydrogen) atoms. The van der Waals surface area contributed by atoms with Gasteiger partial charge in [-0.15, -0.1) is 11.3 Å². The van der Waals surface area contributed by atoms with Crippen LogP contribution < -0.4 is 10.0 Å². The molecule has 0 unspecified atom stereocenters. The number of rotatable bonds is 5. The zero-order valence-electron chi connectivity index (χ0n) is 17.6. The summed E-state index contributed by atoms with van der Waals surface area (Å²) in [6, 6.07) is 12.9. The number of benzene rings is 2. The lowest BCUT2D eigenvalue weighted by Crippen LogP contribution is -2.40. The molecule has 0 saturated carbocycles. The average molecular weight is 444 g/mol. The van der Waals surface area contributed by atoms with E-state index in [9.17, 15) is 13.2 Å². The largest absolute Gasteiger partial charge is 0.326 e. The molecule has 0 bridgehead atoms. The summed E-state index contributed by atoms with van der Waals surface area (Å²) in [5.41, 5.74) is 2.44. The van der Waals surface area contributed by atoms with Crippen molar-refractivity contribution in [1.82, 2.24) is 9.71 Å². The van der Waals surface area contributed by atoms with Crippen LogP contribution >= 0.6 is 11.3 Å². The van der Waals surface area contributed by atoms with Crippen molar-refractivity contribution >= 4 is 33.0 Å². The van der Waals surface area contributed by atoms with E-state index >= 15 is 0 Å². The van der Waals surface area contributed by atoms with Crippen LogP contribution in [0, 0.1) is 6.92 Å². The summed E-state index contributed by atoms with van der Waals surface area (Å²) in [6.45, 7) is 8.75. The molecule has 1 amide bonds. The van der Waals surface area contributed by atoms with Crippen molar-refractivity contribution in [2.24, 2.45) is 0 Å². The first-order valence-corrected chi connectivity index (χ1v) is 11.7. The van der Waals surface area contributed by atoms with E-state index in [0.717, 1.165) is 21.0 Å². The van der Waals surface area contributed by atoms with E-state index < -0.39 is 15.6 Å². The molecule has 0 aliphatic heterocycles. The van der Waals surface area contributed by atoms with E-state index in [2.05, 4.69) is 15.0 Å². The molecule has 158 valence electrons. The smallest absolute Gasteiger partial charge is 0.241 e. The molecule has 3 rings (SSSR count). The fourth-order valence-corrected chi connectivity index (χ4v) is 5.61. The summed E-state index contributed by atoms with van der Waals surface area (Å²) >= 11 is 1.42. The molecule has 1 aromatic heterocycles. The second-order valence-electron chi connectivity index (χ2n) is 8.14. The van der Waals surface area contributed by atoms with Gasteiger partial charge in [-0.2, -0.15) is 0 Å². The van der Waals surface area contributed by atoms with Crippen LogP contribution in [0.2, 0.25) is 0 Å². The van der Waals surface area contributed by atoms with Crippen molar-refractivity contribution in [3.8, 4) is 21.0 Å². The number of nitrogens with zero attached hydrogens (tertiary/aromatic N) is 1. The first-order valence-electron chi connectivity index (χ1n) is 9.43. The number of aromatic nitrogens is 1. The number of nitrogens with one attached hydrogen (secondary N) is 2. The maximum Gasteiger partial charge on any atom is 0.241 e. The van der Waals surface area contributed by atoms with Gasteiger partial charge in [-0.25, -0.2) is 18.1 Å². The lowest BCUT2D eigenvalue weighted by molar-refractivity contribution is -0.114. The average Bonchev–Trinajstić information content (AvgIpc) is 3.09. The van der Waals surface area contributed by atoms with Crippen molar-refractivity contribution in [2.45, 2.75) is 45.1 Å². The van der Waals surface area contributed by atoms with Crippen molar-refractivity contribution in [3.05, 3.63) is 54.2 Å². The summed E-state index contributed by atoms with van der Waals surface area (Å²) in [4.78, 5) is 16.8. The molecule has 2 N–H and O–H groups in total. The van der Waals surface area contributed by atoms with Crippen LogP contribution in [0.1, 0.15) is 33.3 Å². The topological polar surface area (TPSA) is 88.2 Å². The first-order chi connectivity index (χ1) is 13.9. The van der Waals surface area contributed by atoms with Gasteiger partial charge in [0.1, 0.15) is 5.01 Å². The number of carbonyl (C=O) groups excluding carboxylic acids is 1. The van der Waals surface area contributed by atoms with Crippen LogP contribution in [-0.2, 0) is 14.8 Å². The SMILES string of the molecule is CC(=O)Nc1ccc(-c2cnc(-c3ccc(C)cc3)s2)c(S(=O)(=O)NC(C)(C)C)c1. The molecule has 0 radical (unpaired) electrons. The molecule has 1 heterocycles. The molecule has 8 heteroatoms. The number of sulfonamides is 1. The number of hydrogen-bond acceptors (Lipinski definition) is 5. The zero-order chi connectivity index (χ0) is 22.1. The Morgan fingerprint density at radius 3 is 2.33 bits per heavy atom. The molecule has 0 aliphatic rings. The molecule has 0 spiro atoms. The fraction of sp³-hybridized carbons (Fsp3) is 0.273. The molecule has 0 aliphatic carbocycles. The maximum absolute atomic E-state index is 13.2. The Labute approximate surface area is 181 Å². The van der Waals surface area contributed by atoms with Crippen molar-refractivity contribution in [3.63, 3.8) is 0 Å². The molecular formula is C22H25N3O3S2. The molecule has 3 aromatic rings. The van der Waals surface area contributed by atoms with E-state index in [1.165, 1.54) is 24.3 Å². The van der Waals surface area contributed by atoms with Gasteiger partial charge in [0.15, 0.2) is 0 Å². The summed E-state index contributed by atoms with van der Waals surface area (Å²) < 4.78 is 29.0. The summed E-state index contributed by atoms with van der Waals surface area (Å²) in [5.74, 6) is -0.269. The van der Waals surface area contributed by atoms with E-state index in [0.29, 0.717) is 11.3 Å². The van der Waals surface area contributed by atoms with Gasteiger partial charge in [0.2, 0.25) is 15.9 Å². The van der Waals surface area contributed by atoms with Gasteiger partial charge in [0, 0.05) is 35.5 Å². The number of hydrogen-bond donors (Lipinski definition) is 2. The standard InChI is InChI=1S/C22H25N3O3S2/c1-14-6-8-16(9-7-14)21-23-13-19(29-21)18-11-10-17(24-15(2)26)12-20(18)30(27,28)25-22(3,4)5/h6-13,25H,1-5H3,(H,24,26). The second kappa shape index (κ2) is 8.29. The van der Waals surface area contributed by atoms with E-state index in [1.807, 2.05) is 31.2 Å². The molecule has 2 aromatic carbocycles. The minimum Gasteiger partial charge on any atom is -0.326 e. The predicted molar refractivity (Wildman–Crippen MR) is 122 cm³/mol. The summed E-state index contributed by atoms with van der Waals surface area (Å²) in [6.07, 6.45) is 1.68. The number of aryl methyl sites for hydroxylation is 1. The van der Waals surface area contributed by atoms with Crippen molar-refractivity contribution in [2.75, 3.05) is 5.32 Å². The Bertz CT molecular complexity index is 1180. The monoisotopic (exact) mass is 443 g/mol. The highest BCUT2D eigenvalue weighted by Crippen LogP contribution is 2.37. The van der Waals surface area contributed by atoms with Crippen LogP contribution in [0.25, 0.3) is 21.0 Å². The number of carbonyl (C=O) groups is 1. The summed E-state index contributed by atoms with van der Waals surface area (Å²) in [5, 5.41) is 3.46. The van der Waals surface area contributed by atoms with Crippen LogP contribution in [-0.4, -0.2) is 24.8 Å². The van der Waals surface area contributed by atoms with Crippen molar-refractivity contribution < 1.29 is 13.2 Å². The van der Waals surface area contributed by atoms with E-state index in [4.69, 9.17) is 0 Å². The van der Waals surface area contributed by atoms with Gasteiger partial charge in [-0.3, -0.25) is 4.79 Å².